The average molecular weight is 363 g/mol. The molecule has 0 spiro atoms. The van der Waals surface area contributed by atoms with Gasteiger partial charge < -0.3 is 9.26 Å². The second-order valence-electron chi connectivity index (χ2n) is 5.53. The van der Waals surface area contributed by atoms with E-state index in [1.807, 2.05) is 30.3 Å². The third kappa shape index (κ3) is 3.52. The van der Waals surface area contributed by atoms with Gasteiger partial charge in [-0.2, -0.15) is 10.1 Å². The lowest BCUT2D eigenvalue weighted by atomic mass is 10.2. The van der Waals surface area contributed by atoms with Crippen molar-refractivity contribution in [3.05, 3.63) is 77.0 Å². The highest BCUT2D eigenvalue weighted by Gasteiger charge is 2.15. The highest BCUT2D eigenvalue weighted by Crippen LogP contribution is 2.26. The van der Waals surface area contributed by atoms with Crippen molar-refractivity contribution < 1.29 is 14.2 Å². The molecule has 0 unspecified atom stereocenters. The number of benzene rings is 2. The van der Waals surface area contributed by atoms with Gasteiger partial charge >= 0.3 is 5.69 Å². The number of nitro groups is 1. The molecule has 27 heavy (non-hydrogen) atoms. The van der Waals surface area contributed by atoms with Crippen LogP contribution in [0.1, 0.15) is 0 Å². The lowest BCUT2D eigenvalue weighted by molar-refractivity contribution is -0.386. The predicted octanol–water partition coefficient (Wildman–Crippen LogP) is 3.54. The second kappa shape index (κ2) is 7.08. The van der Waals surface area contributed by atoms with Crippen LogP contribution in [0.3, 0.4) is 0 Å². The summed E-state index contributed by atoms with van der Waals surface area (Å²) in [5.74, 6) is 0.915. The molecule has 4 rings (SSSR count). The van der Waals surface area contributed by atoms with E-state index in [1.165, 1.54) is 16.8 Å². The number of nitro benzene ring substituents is 1. The van der Waals surface area contributed by atoms with Gasteiger partial charge in [-0.1, -0.05) is 47.6 Å². The van der Waals surface area contributed by atoms with Crippen LogP contribution in [0.25, 0.3) is 23.0 Å². The zero-order chi connectivity index (χ0) is 18.6. The Bertz CT molecular complexity index is 1070. The van der Waals surface area contributed by atoms with Crippen molar-refractivity contribution in [2.45, 2.75) is 6.73 Å². The summed E-state index contributed by atoms with van der Waals surface area (Å²) in [5, 5.41) is 19.3. The smallest absolute Gasteiger partial charge is 0.311 e. The van der Waals surface area contributed by atoms with E-state index >= 15 is 0 Å². The number of para-hydroxylation sites is 2. The number of hydrogen-bond donors (Lipinski definition) is 0. The van der Waals surface area contributed by atoms with Crippen LogP contribution in [0.2, 0.25) is 0 Å². The van der Waals surface area contributed by atoms with E-state index in [1.54, 1.807) is 24.4 Å². The SMILES string of the molecule is O=[N+]([O-])c1ccccc1OCn1ccc(-c2nc(-c3ccccc3)no2)n1. The molecule has 134 valence electrons. The predicted molar refractivity (Wildman–Crippen MR) is 94.7 cm³/mol. The quantitative estimate of drug-likeness (QED) is 0.380. The molecule has 2 heterocycles. The Morgan fingerprint density at radius 2 is 1.85 bits per heavy atom. The molecular formula is C18H13N5O4. The van der Waals surface area contributed by atoms with Crippen molar-refractivity contribution in [3.63, 3.8) is 0 Å². The minimum Gasteiger partial charge on any atom is -0.464 e. The van der Waals surface area contributed by atoms with Crippen molar-refractivity contribution in [1.82, 2.24) is 19.9 Å². The molecule has 9 heteroatoms. The molecule has 9 nitrogen and oxygen atoms in total. The number of hydrogen-bond acceptors (Lipinski definition) is 7. The first-order chi connectivity index (χ1) is 13.2. The molecule has 0 fully saturated rings. The van der Waals surface area contributed by atoms with Gasteiger partial charge in [-0.15, -0.1) is 0 Å². The summed E-state index contributed by atoms with van der Waals surface area (Å²) >= 11 is 0. The van der Waals surface area contributed by atoms with Crippen LogP contribution in [0.5, 0.6) is 5.75 Å². The summed E-state index contributed by atoms with van der Waals surface area (Å²) < 4.78 is 12.2. The van der Waals surface area contributed by atoms with Crippen LogP contribution in [-0.2, 0) is 6.73 Å². The number of rotatable bonds is 6. The maximum atomic E-state index is 11.0. The largest absolute Gasteiger partial charge is 0.464 e. The molecule has 2 aromatic heterocycles. The van der Waals surface area contributed by atoms with Gasteiger partial charge in [0.2, 0.25) is 5.82 Å². The van der Waals surface area contributed by atoms with E-state index in [-0.39, 0.29) is 24.1 Å². The summed E-state index contributed by atoms with van der Waals surface area (Å²) in [6.45, 7) is 0.00450. The minimum absolute atomic E-state index is 0.00450. The maximum Gasteiger partial charge on any atom is 0.311 e. The second-order valence-corrected chi connectivity index (χ2v) is 5.53. The first kappa shape index (κ1) is 16.5. The van der Waals surface area contributed by atoms with Gasteiger partial charge in [-0.25, -0.2) is 4.68 Å². The van der Waals surface area contributed by atoms with Gasteiger partial charge in [-0.05, 0) is 12.1 Å². The van der Waals surface area contributed by atoms with Crippen LogP contribution in [0.4, 0.5) is 5.69 Å². The van der Waals surface area contributed by atoms with E-state index in [9.17, 15) is 10.1 Å². The van der Waals surface area contributed by atoms with E-state index in [4.69, 9.17) is 9.26 Å². The average Bonchev–Trinajstić information content (AvgIpc) is 3.37. The van der Waals surface area contributed by atoms with Crippen LogP contribution < -0.4 is 4.74 Å². The topological polar surface area (TPSA) is 109 Å². The molecule has 0 aliphatic heterocycles. The molecule has 0 saturated heterocycles. The summed E-state index contributed by atoms with van der Waals surface area (Å²) in [6.07, 6.45) is 1.66. The molecule has 0 saturated carbocycles. The number of aromatic nitrogens is 4. The molecule has 2 aromatic carbocycles. The molecular weight excluding hydrogens is 350 g/mol. The zero-order valence-electron chi connectivity index (χ0n) is 13.9. The molecule has 0 atom stereocenters. The van der Waals surface area contributed by atoms with Crippen LogP contribution in [0, 0.1) is 10.1 Å². The first-order valence-electron chi connectivity index (χ1n) is 8.00. The molecule has 0 amide bonds. The van der Waals surface area contributed by atoms with E-state index in [0.29, 0.717) is 11.5 Å². The third-order valence-corrected chi connectivity index (χ3v) is 3.73. The van der Waals surface area contributed by atoms with Crippen molar-refractivity contribution in [3.8, 4) is 28.7 Å². The Morgan fingerprint density at radius 1 is 1.07 bits per heavy atom. The van der Waals surface area contributed by atoms with Gasteiger partial charge in [0.05, 0.1) is 4.92 Å². The summed E-state index contributed by atoms with van der Waals surface area (Å²) in [4.78, 5) is 14.9. The monoisotopic (exact) mass is 363 g/mol. The number of ether oxygens (including phenoxy) is 1. The van der Waals surface area contributed by atoms with Gasteiger partial charge in [0.15, 0.2) is 18.2 Å². The Labute approximate surface area is 153 Å². The molecule has 4 aromatic rings. The Morgan fingerprint density at radius 3 is 2.67 bits per heavy atom. The van der Waals surface area contributed by atoms with Crippen molar-refractivity contribution in [2.75, 3.05) is 0 Å². The van der Waals surface area contributed by atoms with Crippen LogP contribution >= 0.6 is 0 Å². The zero-order valence-corrected chi connectivity index (χ0v) is 13.9. The fourth-order valence-corrected chi connectivity index (χ4v) is 2.45. The lowest BCUT2D eigenvalue weighted by Crippen LogP contribution is -2.07. The number of nitrogens with zero attached hydrogens (tertiary/aromatic N) is 5. The fraction of sp³-hybridized carbons (Fsp3) is 0.0556. The summed E-state index contributed by atoms with van der Waals surface area (Å²) in [7, 11) is 0. The van der Waals surface area contributed by atoms with Crippen molar-refractivity contribution in [1.29, 1.82) is 0 Å². The van der Waals surface area contributed by atoms with Crippen LogP contribution in [-0.4, -0.2) is 24.8 Å². The summed E-state index contributed by atoms with van der Waals surface area (Å²) in [5.41, 5.74) is 1.22. The minimum atomic E-state index is -0.493. The van der Waals surface area contributed by atoms with Gasteiger partial charge in [-0.3, -0.25) is 10.1 Å². The fourth-order valence-electron chi connectivity index (χ4n) is 2.45. The first-order valence-corrected chi connectivity index (χ1v) is 8.00. The standard InChI is InChI=1S/C18H13N5O4/c24-23(25)15-8-4-5-9-16(15)26-12-22-11-10-14(20-22)18-19-17(21-27-18)13-6-2-1-3-7-13/h1-11H,12H2. The third-order valence-electron chi connectivity index (χ3n) is 3.73. The van der Waals surface area contributed by atoms with E-state index < -0.39 is 4.92 Å². The Hall–Kier alpha value is -4.01. The normalized spacial score (nSPS) is 10.7. The summed E-state index contributed by atoms with van der Waals surface area (Å²) in [6, 6.07) is 17.3. The highest BCUT2D eigenvalue weighted by atomic mass is 16.6. The molecule has 0 radical (unpaired) electrons. The molecule has 0 aliphatic carbocycles. The van der Waals surface area contributed by atoms with Gasteiger partial charge in [0, 0.05) is 17.8 Å². The molecule has 0 N–H and O–H groups in total. The lowest BCUT2D eigenvalue weighted by Gasteiger charge is -2.06. The molecule has 0 aliphatic rings. The van der Waals surface area contributed by atoms with E-state index in [2.05, 4.69) is 15.2 Å². The highest BCUT2D eigenvalue weighted by molar-refractivity contribution is 5.57. The molecule has 0 bridgehead atoms. The van der Waals surface area contributed by atoms with Crippen molar-refractivity contribution in [2.24, 2.45) is 0 Å². The Kier molecular flexibility index (Phi) is 4.32. The maximum absolute atomic E-state index is 11.0. The van der Waals surface area contributed by atoms with Crippen molar-refractivity contribution >= 4 is 5.69 Å². The van der Waals surface area contributed by atoms with Gasteiger partial charge in [0.25, 0.3) is 5.89 Å². The van der Waals surface area contributed by atoms with Crippen LogP contribution in [0.15, 0.2) is 71.4 Å². The Balaban J connectivity index is 1.48. The van der Waals surface area contributed by atoms with Gasteiger partial charge in [0.1, 0.15) is 0 Å². The van der Waals surface area contributed by atoms with E-state index in [0.717, 1.165) is 5.56 Å².